The molecule has 4 rings (SSSR count). The first-order valence-electron chi connectivity index (χ1n) is 8.18. The highest BCUT2D eigenvalue weighted by atomic mass is 16.3. The fourth-order valence-electron chi connectivity index (χ4n) is 3.87. The van der Waals surface area contributed by atoms with Gasteiger partial charge in [0.15, 0.2) is 0 Å². The van der Waals surface area contributed by atoms with Crippen LogP contribution in [0.3, 0.4) is 0 Å². The van der Waals surface area contributed by atoms with E-state index in [-0.39, 0.29) is 5.56 Å². The molecule has 0 unspecified atom stereocenters. The van der Waals surface area contributed by atoms with Gasteiger partial charge < -0.3 is 9.67 Å². The van der Waals surface area contributed by atoms with Crippen LogP contribution in [0.15, 0.2) is 40.7 Å². The molecule has 0 spiro atoms. The summed E-state index contributed by atoms with van der Waals surface area (Å²) in [6, 6.07) is 5.53. The molecule has 0 radical (unpaired) electrons. The lowest BCUT2D eigenvalue weighted by atomic mass is 9.83. The SMILES string of the molecule is O=c1cccc2n1C[C@@H]1C[C@H]2CN(C[C@H](O)/C=N\n2cnnc2)C1. The van der Waals surface area contributed by atoms with E-state index >= 15 is 0 Å². The largest absolute Gasteiger partial charge is 0.386 e. The molecule has 4 heterocycles. The molecule has 0 aromatic carbocycles. The van der Waals surface area contributed by atoms with Gasteiger partial charge in [-0.15, -0.1) is 10.2 Å². The van der Waals surface area contributed by atoms with E-state index < -0.39 is 6.10 Å². The first-order chi connectivity index (χ1) is 11.7. The van der Waals surface area contributed by atoms with Crippen LogP contribution in [0.2, 0.25) is 0 Å². The van der Waals surface area contributed by atoms with Gasteiger partial charge in [0.05, 0.1) is 6.21 Å². The predicted octanol–water partition coefficient (Wildman–Crippen LogP) is -0.246. The van der Waals surface area contributed by atoms with Crippen LogP contribution in [0.1, 0.15) is 18.0 Å². The molecule has 8 heteroatoms. The summed E-state index contributed by atoms with van der Waals surface area (Å²) in [4.78, 5) is 14.3. The number of rotatable bonds is 4. The fraction of sp³-hybridized carbons (Fsp3) is 0.500. The molecule has 1 fully saturated rings. The zero-order valence-corrected chi connectivity index (χ0v) is 13.3. The Kier molecular flexibility index (Phi) is 3.99. The van der Waals surface area contributed by atoms with E-state index in [0.717, 1.165) is 31.7 Å². The van der Waals surface area contributed by atoms with Crippen molar-refractivity contribution in [3.8, 4) is 0 Å². The Balaban J connectivity index is 1.43. The van der Waals surface area contributed by atoms with Gasteiger partial charge in [-0.2, -0.15) is 5.10 Å². The van der Waals surface area contributed by atoms with E-state index in [4.69, 9.17) is 0 Å². The average molecular weight is 328 g/mol. The smallest absolute Gasteiger partial charge is 0.250 e. The van der Waals surface area contributed by atoms with Crippen molar-refractivity contribution in [2.45, 2.75) is 25.0 Å². The summed E-state index contributed by atoms with van der Waals surface area (Å²) in [5, 5.41) is 21.6. The lowest BCUT2D eigenvalue weighted by Crippen LogP contribution is -2.49. The summed E-state index contributed by atoms with van der Waals surface area (Å²) in [5.41, 5.74) is 1.22. The molecule has 0 aliphatic carbocycles. The van der Waals surface area contributed by atoms with Crippen LogP contribution in [-0.4, -0.2) is 61.4 Å². The number of β-amino-alcohol motifs (C(OH)–C–C–N with tert-alkyl or cyclic N) is 1. The Morgan fingerprint density at radius 2 is 2.12 bits per heavy atom. The maximum atomic E-state index is 12.0. The summed E-state index contributed by atoms with van der Waals surface area (Å²) < 4.78 is 3.37. The second kappa shape index (κ2) is 6.29. The van der Waals surface area contributed by atoms with Crippen LogP contribution in [0.4, 0.5) is 0 Å². The minimum absolute atomic E-state index is 0.0942. The fourth-order valence-corrected chi connectivity index (χ4v) is 3.87. The summed E-state index contributed by atoms with van der Waals surface area (Å²) in [7, 11) is 0. The van der Waals surface area contributed by atoms with Crippen molar-refractivity contribution in [3.63, 3.8) is 0 Å². The number of piperidine rings is 1. The molecular weight excluding hydrogens is 308 g/mol. The number of fused-ring (bicyclic) bond motifs is 4. The second-order valence-corrected chi connectivity index (χ2v) is 6.59. The van der Waals surface area contributed by atoms with Crippen LogP contribution in [0.5, 0.6) is 0 Å². The van der Waals surface area contributed by atoms with E-state index in [1.807, 2.05) is 10.6 Å². The van der Waals surface area contributed by atoms with Crippen LogP contribution < -0.4 is 5.56 Å². The van der Waals surface area contributed by atoms with Gasteiger partial charge in [-0.3, -0.25) is 9.69 Å². The van der Waals surface area contributed by atoms with Crippen LogP contribution in [0, 0.1) is 5.92 Å². The molecule has 24 heavy (non-hydrogen) atoms. The molecule has 1 saturated heterocycles. The van der Waals surface area contributed by atoms with Crippen molar-refractivity contribution in [3.05, 3.63) is 46.9 Å². The Bertz CT molecular complexity index is 784. The Morgan fingerprint density at radius 3 is 2.96 bits per heavy atom. The molecule has 2 bridgehead atoms. The van der Waals surface area contributed by atoms with Gasteiger partial charge in [0.25, 0.3) is 5.56 Å². The van der Waals surface area contributed by atoms with Crippen LogP contribution in [0.25, 0.3) is 0 Å². The second-order valence-electron chi connectivity index (χ2n) is 6.59. The molecule has 3 atom stereocenters. The lowest BCUT2D eigenvalue weighted by molar-refractivity contribution is 0.0867. The quantitative estimate of drug-likeness (QED) is 0.782. The minimum atomic E-state index is -0.649. The van der Waals surface area contributed by atoms with Gasteiger partial charge in [0, 0.05) is 43.9 Å². The Morgan fingerprint density at radius 1 is 1.29 bits per heavy atom. The molecule has 2 aromatic rings. The zero-order chi connectivity index (χ0) is 16.5. The summed E-state index contributed by atoms with van der Waals surface area (Å²) in [6.07, 6.45) is 4.92. The molecule has 2 aliphatic heterocycles. The molecule has 126 valence electrons. The number of aromatic nitrogens is 4. The van der Waals surface area contributed by atoms with E-state index in [9.17, 15) is 9.90 Å². The normalized spacial score (nSPS) is 24.9. The van der Waals surface area contributed by atoms with Crippen molar-refractivity contribution < 1.29 is 5.11 Å². The third-order valence-electron chi connectivity index (χ3n) is 4.78. The standard InChI is InChI=1S/C16H20N6O2/c23-14(5-19-21-10-17-18-11-21)9-20-6-12-4-13(8-20)15-2-1-3-16(24)22(15)7-12/h1-3,5,10-14,23H,4,6-9H2/b19-5-/t12-,13+,14-/m1/s1. The van der Waals surface area contributed by atoms with Crippen molar-refractivity contribution >= 4 is 6.21 Å². The first-order valence-corrected chi connectivity index (χ1v) is 8.18. The van der Waals surface area contributed by atoms with Crippen molar-refractivity contribution in [1.29, 1.82) is 0 Å². The minimum Gasteiger partial charge on any atom is -0.386 e. The van der Waals surface area contributed by atoms with E-state index in [1.54, 1.807) is 6.07 Å². The third kappa shape index (κ3) is 3.02. The summed E-state index contributed by atoms with van der Waals surface area (Å²) in [5.74, 6) is 0.812. The van der Waals surface area contributed by atoms with Crippen LogP contribution in [-0.2, 0) is 6.54 Å². The van der Waals surface area contributed by atoms with Gasteiger partial charge in [0.2, 0.25) is 0 Å². The summed E-state index contributed by atoms with van der Waals surface area (Å²) >= 11 is 0. The highest BCUT2D eigenvalue weighted by Gasteiger charge is 2.34. The number of nitrogens with zero attached hydrogens (tertiary/aromatic N) is 6. The van der Waals surface area contributed by atoms with E-state index in [0.29, 0.717) is 18.4 Å². The number of pyridine rings is 1. The van der Waals surface area contributed by atoms with Gasteiger partial charge in [-0.1, -0.05) is 6.07 Å². The third-order valence-corrected chi connectivity index (χ3v) is 4.78. The molecule has 0 amide bonds. The number of aliphatic hydroxyl groups is 1. The number of hydrogen-bond donors (Lipinski definition) is 1. The molecule has 2 aliphatic rings. The van der Waals surface area contributed by atoms with Gasteiger partial charge in [-0.25, -0.2) is 4.68 Å². The maximum Gasteiger partial charge on any atom is 0.250 e. The highest BCUT2D eigenvalue weighted by Crippen LogP contribution is 2.34. The van der Waals surface area contributed by atoms with Crippen molar-refractivity contribution in [1.82, 2.24) is 24.3 Å². The first kappa shape index (κ1) is 15.2. The topological polar surface area (TPSA) is 88.5 Å². The monoisotopic (exact) mass is 328 g/mol. The average Bonchev–Trinajstić information content (AvgIpc) is 3.07. The van der Waals surface area contributed by atoms with Gasteiger partial charge in [-0.05, 0) is 18.4 Å². The molecule has 8 nitrogen and oxygen atoms in total. The van der Waals surface area contributed by atoms with E-state index in [2.05, 4.69) is 26.3 Å². The molecule has 2 aromatic heterocycles. The van der Waals surface area contributed by atoms with Gasteiger partial charge in [0.1, 0.15) is 18.8 Å². The summed E-state index contributed by atoms with van der Waals surface area (Å²) in [6.45, 7) is 3.06. The Labute approximate surface area is 139 Å². The lowest BCUT2D eigenvalue weighted by Gasteiger charge is -2.43. The van der Waals surface area contributed by atoms with Crippen LogP contribution >= 0.6 is 0 Å². The van der Waals surface area contributed by atoms with E-state index in [1.165, 1.54) is 23.5 Å². The predicted molar refractivity (Wildman–Crippen MR) is 87.9 cm³/mol. The number of likely N-dealkylation sites (tertiary alicyclic amines) is 1. The number of hydrogen-bond acceptors (Lipinski definition) is 6. The maximum absolute atomic E-state index is 12.0. The van der Waals surface area contributed by atoms with Gasteiger partial charge >= 0.3 is 0 Å². The molecular formula is C16H20N6O2. The van der Waals surface area contributed by atoms with Crippen molar-refractivity contribution in [2.24, 2.45) is 11.0 Å². The molecule has 1 N–H and O–H groups in total. The Hall–Kier alpha value is -2.32. The zero-order valence-electron chi connectivity index (χ0n) is 13.3. The van der Waals surface area contributed by atoms with Crippen molar-refractivity contribution in [2.75, 3.05) is 19.6 Å². The number of aliphatic hydroxyl groups excluding tert-OH is 1. The molecule has 0 saturated carbocycles. The highest BCUT2D eigenvalue weighted by molar-refractivity contribution is 5.62.